The zero-order valence-electron chi connectivity index (χ0n) is 11.1. The van der Waals surface area contributed by atoms with Crippen molar-refractivity contribution in [1.82, 2.24) is 0 Å². The molecule has 0 rings (SSSR count). The SMILES string of the molecule is CCCCCC[C@@H](CCCC)COP(=O)(O)O. The molecule has 0 radical (unpaired) electrons. The van der Waals surface area contributed by atoms with E-state index in [1.807, 2.05) is 0 Å². The third-order valence-corrected chi connectivity index (χ3v) is 3.40. The second kappa shape index (κ2) is 10.1. The summed E-state index contributed by atoms with van der Waals surface area (Å²) < 4.78 is 15.3. The number of hydrogen-bond acceptors (Lipinski definition) is 2. The number of unbranched alkanes of at least 4 members (excludes halogenated alkanes) is 4. The van der Waals surface area contributed by atoms with E-state index in [0.717, 1.165) is 32.1 Å². The lowest BCUT2D eigenvalue weighted by molar-refractivity contribution is 0.157. The first-order valence-electron chi connectivity index (χ1n) is 6.69. The van der Waals surface area contributed by atoms with Gasteiger partial charge in [-0.2, -0.15) is 0 Å². The summed E-state index contributed by atoms with van der Waals surface area (Å²) in [6, 6.07) is 0. The normalized spacial score (nSPS) is 13.9. The Bertz CT molecular complexity index is 215. The van der Waals surface area contributed by atoms with E-state index in [4.69, 9.17) is 9.79 Å². The van der Waals surface area contributed by atoms with Gasteiger partial charge in [0.05, 0.1) is 6.61 Å². The van der Waals surface area contributed by atoms with Gasteiger partial charge >= 0.3 is 7.82 Å². The van der Waals surface area contributed by atoms with Crippen LogP contribution < -0.4 is 0 Å². The average molecular weight is 266 g/mol. The van der Waals surface area contributed by atoms with Gasteiger partial charge in [-0.3, -0.25) is 4.52 Å². The topological polar surface area (TPSA) is 66.8 Å². The van der Waals surface area contributed by atoms with Gasteiger partial charge in [0, 0.05) is 0 Å². The summed E-state index contributed by atoms with van der Waals surface area (Å²) in [5.74, 6) is 0.291. The maximum Gasteiger partial charge on any atom is 0.469 e. The number of hydrogen-bond donors (Lipinski definition) is 2. The van der Waals surface area contributed by atoms with Gasteiger partial charge in [0.25, 0.3) is 0 Å². The fourth-order valence-electron chi connectivity index (χ4n) is 1.87. The molecule has 0 saturated heterocycles. The van der Waals surface area contributed by atoms with Gasteiger partial charge in [-0.05, 0) is 18.8 Å². The van der Waals surface area contributed by atoms with Crippen molar-refractivity contribution < 1.29 is 18.9 Å². The predicted molar refractivity (Wildman–Crippen MR) is 69.8 cm³/mol. The second-order valence-corrected chi connectivity index (χ2v) is 5.88. The van der Waals surface area contributed by atoms with Crippen molar-refractivity contribution in [3.05, 3.63) is 0 Å². The third-order valence-electron chi connectivity index (χ3n) is 2.91. The second-order valence-electron chi connectivity index (χ2n) is 4.64. The third kappa shape index (κ3) is 12.4. The van der Waals surface area contributed by atoms with Gasteiger partial charge in [0.2, 0.25) is 0 Å². The van der Waals surface area contributed by atoms with Crippen LogP contribution in [-0.2, 0) is 9.09 Å². The lowest BCUT2D eigenvalue weighted by atomic mass is 9.96. The molecule has 0 amide bonds. The molecule has 2 N–H and O–H groups in total. The first kappa shape index (κ1) is 17.1. The Morgan fingerprint density at radius 3 is 2.12 bits per heavy atom. The largest absolute Gasteiger partial charge is 0.469 e. The van der Waals surface area contributed by atoms with E-state index < -0.39 is 7.82 Å². The summed E-state index contributed by atoms with van der Waals surface area (Å²) >= 11 is 0. The zero-order valence-corrected chi connectivity index (χ0v) is 12.0. The molecule has 0 aliphatic heterocycles. The van der Waals surface area contributed by atoms with Crippen molar-refractivity contribution in [3.8, 4) is 0 Å². The summed E-state index contributed by atoms with van der Waals surface area (Å²) in [5.41, 5.74) is 0. The summed E-state index contributed by atoms with van der Waals surface area (Å²) in [5, 5.41) is 0. The first-order chi connectivity index (χ1) is 7.99. The van der Waals surface area contributed by atoms with Gasteiger partial charge in [-0.25, -0.2) is 4.57 Å². The maximum atomic E-state index is 10.7. The van der Waals surface area contributed by atoms with Crippen molar-refractivity contribution in [2.75, 3.05) is 6.61 Å². The highest BCUT2D eigenvalue weighted by molar-refractivity contribution is 7.46. The molecule has 0 bridgehead atoms. The molecule has 17 heavy (non-hydrogen) atoms. The van der Waals surface area contributed by atoms with E-state index in [1.165, 1.54) is 19.3 Å². The van der Waals surface area contributed by atoms with E-state index in [-0.39, 0.29) is 6.61 Å². The minimum absolute atomic E-state index is 0.191. The molecular weight excluding hydrogens is 239 g/mol. The molecule has 1 atom stereocenters. The van der Waals surface area contributed by atoms with Crippen molar-refractivity contribution >= 4 is 7.82 Å². The van der Waals surface area contributed by atoms with Crippen molar-refractivity contribution in [2.45, 2.75) is 65.2 Å². The van der Waals surface area contributed by atoms with Crippen molar-refractivity contribution in [2.24, 2.45) is 5.92 Å². The van der Waals surface area contributed by atoms with E-state index in [0.29, 0.717) is 5.92 Å². The molecule has 4 nitrogen and oxygen atoms in total. The predicted octanol–water partition coefficient (Wildman–Crippen LogP) is 3.87. The highest BCUT2D eigenvalue weighted by Crippen LogP contribution is 2.37. The van der Waals surface area contributed by atoms with Crippen LogP contribution in [0.3, 0.4) is 0 Å². The molecule has 5 heteroatoms. The van der Waals surface area contributed by atoms with E-state index in [1.54, 1.807) is 0 Å². The van der Waals surface area contributed by atoms with Gasteiger partial charge in [-0.15, -0.1) is 0 Å². The Balaban J connectivity index is 3.83. The molecule has 0 spiro atoms. The van der Waals surface area contributed by atoms with Crippen LogP contribution in [0.15, 0.2) is 0 Å². The Hall–Kier alpha value is 0.110. The Kier molecular flexibility index (Phi) is 10.1. The maximum absolute atomic E-state index is 10.7. The fourth-order valence-corrected chi connectivity index (χ4v) is 2.27. The summed E-state index contributed by atoms with van der Waals surface area (Å²) in [6.07, 6.45) is 9.01. The van der Waals surface area contributed by atoms with Crippen molar-refractivity contribution in [1.29, 1.82) is 0 Å². The van der Waals surface area contributed by atoms with E-state index in [2.05, 4.69) is 18.4 Å². The number of rotatable bonds is 11. The highest BCUT2D eigenvalue weighted by Gasteiger charge is 2.17. The van der Waals surface area contributed by atoms with Crippen LogP contribution in [-0.4, -0.2) is 16.4 Å². The van der Waals surface area contributed by atoms with Crippen LogP contribution in [0.4, 0.5) is 0 Å². The minimum Gasteiger partial charge on any atom is -0.303 e. The molecule has 0 unspecified atom stereocenters. The average Bonchev–Trinajstić information content (AvgIpc) is 2.25. The zero-order chi connectivity index (χ0) is 13.1. The van der Waals surface area contributed by atoms with Crippen LogP contribution in [0.1, 0.15) is 65.2 Å². The van der Waals surface area contributed by atoms with Gasteiger partial charge in [-0.1, -0.05) is 52.4 Å². The molecule has 0 aromatic heterocycles. The molecule has 0 aromatic carbocycles. The van der Waals surface area contributed by atoms with Crippen LogP contribution in [0, 0.1) is 5.92 Å². The molecular formula is C12H27O4P. The fraction of sp³-hybridized carbons (Fsp3) is 1.00. The molecule has 0 aromatic rings. The van der Waals surface area contributed by atoms with Crippen LogP contribution in [0.25, 0.3) is 0 Å². The first-order valence-corrected chi connectivity index (χ1v) is 8.22. The summed E-state index contributed by atoms with van der Waals surface area (Å²) in [6.45, 7) is 4.49. The highest BCUT2D eigenvalue weighted by atomic mass is 31.2. The monoisotopic (exact) mass is 266 g/mol. The molecule has 0 aliphatic rings. The number of phosphoric acid groups is 1. The van der Waals surface area contributed by atoms with Crippen molar-refractivity contribution in [3.63, 3.8) is 0 Å². The van der Waals surface area contributed by atoms with Crippen LogP contribution in [0.2, 0.25) is 0 Å². The lowest BCUT2D eigenvalue weighted by Crippen LogP contribution is -2.09. The van der Waals surface area contributed by atoms with Gasteiger partial charge in [0.15, 0.2) is 0 Å². The van der Waals surface area contributed by atoms with Crippen LogP contribution >= 0.6 is 7.82 Å². The van der Waals surface area contributed by atoms with E-state index >= 15 is 0 Å². The smallest absolute Gasteiger partial charge is 0.303 e. The molecule has 0 aliphatic carbocycles. The van der Waals surface area contributed by atoms with Gasteiger partial charge < -0.3 is 9.79 Å². The van der Waals surface area contributed by atoms with E-state index in [9.17, 15) is 4.57 Å². The molecule has 104 valence electrons. The van der Waals surface area contributed by atoms with Gasteiger partial charge in [0.1, 0.15) is 0 Å². The standard InChI is InChI=1S/C12H27O4P/c1-3-5-7-8-10-12(9-6-4-2)11-16-17(13,14)15/h12H,3-11H2,1-2H3,(H2,13,14,15)/t12-/m1/s1. The Labute approximate surface area is 105 Å². The molecule has 0 heterocycles. The molecule has 0 fully saturated rings. The quantitative estimate of drug-likeness (QED) is 0.440. The summed E-state index contributed by atoms with van der Waals surface area (Å²) in [7, 11) is -4.30. The van der Waals surface area contributed by atoms with Crippen LogP contribution in [0.5, 0.6) is 0 Å². The Morgan fingerprint density at radius 2 is 1.59 bits per heavy atom. The minimum atomic E-state index is -4.30. The Morgan fingerprint density at radius 1 is 1.00 bits per heavy atom. The number of phosphoric ester groups is 1. The summed E-state index contributed by atoms with van der Waals surface area (Å²) in [4.78, 5) is 17.4. The lowest BCUT2D eigenvalue weighted by Gasteiger charge is -2.16. The molecule has 0 saturated carbocycles.